The number of nitrogens with one attached hydrogen (secondary N) is 1. The van der Waals surface area contributed by atoms with Crippen LogP contribution >= 0.6 is 0 Å². The molecule has 9 heteroatoms. The zero-order valence-corrected chi connectivity index (χ0v) is 13.9. The Morgan fingerprint density at radius 3 is 2.75 bits per heavy atom. The lowest BCUT2D eigenvalue weighted by molar-refractivity contribution is -0.133. The molecule has 0 radical (unpaired) electrons. The number of carbonyl (C=O) groups is 1. The van der Waals surface area contributed by atoms with Gasteiger partial charge in [0.05, 0.1) is 17.6 Å². The van der Waals surface area contributed by atoms with E-state index >= 15 is 0 Å². The Bertz CT molecular complexity index is 689. The van der Waals surface area contributed by atoms with Crippen molar-refractivity contribution in [1.82, 2.24) is 4.72 Å². The number of hydrogen-bond donors (Lipinski definition) is 1. The SMILES string of the molecule is C[C@@H](OC[C@H]1CCCCO1)C(=O)NS(=O)(=O)c1ccc(F)c(F)c1. The first kappa shape index (κ1) is 18.8. The fraction of sp³-hybridized carbons (Fsp3) is 0.533. The van der Waals surface area contributed by atoms with Gasteiger partial charge in [0.15, 0.2) is 11.6 Å². The van der Waals surface area contributed by atoms with E-state index in [-0.39, 0.29) is 12.7 Å². The zero-order valence-electron chi connectivity index (χ0n) is 13.1. The standard InChI is InChI=1S/C15H19F2NO5S/c1-10(23-9-11-4-2-3-7-22-11)15(19)18-24(20,21)12-5-6-13(16)14(17)8-12/h5-6,8,10-11H,2-4,7,9H2,1H3,(H,18,19)/t10-,11-/m1/s1. The average Bonchev–Trinajstić information content (AvgIpc) is 2.55. The summed E-state index contributed by atoms with van der Waals surface area (Å²) >= 11 is 0. The van der Waals surface area contributed by atoms with Gasteiger partial charge in [0.25, 0.3) is 15.9 Å². The molecule has 1 aromatic rings. The Hall–Kier alpha value is -1.58. The van der Waals surface area contributed by atoms with Crippen molar-refractivity contribution in [3.05, 3.63) is 29.8 Å². The Balaban J connectivity index is 1.92. The Morgan fingerprint density at radius 1 is 1.38 bits per heavy atom. The second kappa shape index (κ2) is 8.00. The molecule has 1 fully saturated rings. The molecule has 0 unspecified atom stereocenters. The van der Waals surface area contributed by atoms with E-state index in [0.29, 0.717) is 18.7 Å². The summed E-state index contributed by atoms with van der Waals surface area (Å²) in [7, 11) is -4.30. The van der Waals surface area contributed by atoms with E-state index in [0.717, 1.165) is 25.3 Å². The molecule has 1 aromatic carbocycles. The van der Waals surface area contributed by atoms with Crippen LogP contribution in [0.4, 0.5) is 8.78 Å². The first-order valence-electron chi connectivity index (χ1n) is 7.54. The fourth-order valence-corrected chi connectivity index (χ4v) is 3.24. The van der Waals surface area contributed by atoms with Crippen LogP contribution in [0.1, 0.15) is 26.2 Å². The minimum absolute atomic E-state index is 0.114. The van der Waals surface area contributed by atoms with Gasteiger partial charge in [-0.1, -0.05) is 0 Å². The van der Waals surface area contributed by atoms with Crippen molar-refractivity contribution in [1.29, 1.82) is 0 Å². The van der Waals surface area contributed by atoms with Gasteiger partial charge in [-0.15, -0.1) is 0 Å². The summed E-state index contributed by atoms with van der Waals surface area (Å²) in [5.41, 5.74) is 0. The first-order chi connectivity index (χ1) is 11.3. The lowest BCUT2D eigenvalue weighted by atomic mass is 10.1. The molecule has 1 aliphatic rings. The van der Waals surface area contributed by atoms with Crippen molar-refractivity contribution in [2.75, 3.05) is 13.2 Å². The molecule has 1 heterocycles. The van der Waals surface area contributed by atoms with Gasteiger partial charge >= 0.3 is 0 Å². The van der Waals surface area contributed by atoms with Gasteiger partial charge in [-0.3, -0.25) is 4.79 Å². The predicted molar refractivity (Wildman–Crippen MR) is 80.7 cm³/mol. The van der Waals surface area contributed by atoms with Gasteiger partial charge in [-0.05, 0) is 44.4 Å². The van der Waals surface area contributed by atoms with Crippen molar-refractivity contribution >= 4 is 15.9 Å². The van der Waals surface area contributed by atoms with Crippen LogP contribution < -0.4 is 4.72 Å². The van der Waals surface area contributed by atoms with Crippen LogP contribution in [0.5, 0.6) is 0 Å². The van der Waals surface area contributed by atoms with E-state index in [1.54, 1.807) is 4.72 Å². The number of ether oxygens (including phenoxy) is 2. The number of rotatable bonds is 6. The summed E-state index contributed by atoms with van der Waals surface area (Å²) in [6, 6.07) is 2.05. The van der Waals surface area contributed by atoms with E-state index in [1.807, 2.05) is 0 Å². The summed E-state index contributed by atoms with van der Waals surface area (Å²) < 4.78 is 62.6. The van der Waals surface area contributed by atoms with E-state index < -0.39 is 38.6 Å². The number of hydrogen-bond acceptors (Lipinski definition) is 5. The minimum atomic E-state index is -4.30. The second-order valence-corrected chi connectivity index (χ2v) is 7.19. The monoisotopic (exact) mass is 363 g/mol. The molecule has 0 spiro atoms. The highest BCUT2D eigenvalue weighted by atomic mass is 32.2. The second-order valence-electron chi connectivity index (χ2n) is 5.51. The highest BCUT2D eigenvalue weighted by Crippen LogP contribution is 2.15. The number of carbonyl (C=O) groups excluding carboxylic acids is 1. The molecule has 134 valence electrons. The summed E-state index contributed by atoms with van der Waals surface area (Å²) in [4.78, 5) is 11.4. The van der Waals surface area contributed by atoms with E-state index in [2.05, 4.69) is 0 Å². The van der Waals surface area contributed by atoms with Crippen LogP contribution in [0.3, 0.4) is 0 Å². The van der Waals surface area contributed by atoms with Crippen molar-refractivity contribution < 1.29 is 31.5 Å². The summed E-state index contributed by atoms with van der Waals surface area (Å²) in [5, 5.41) is 0. The third-order valence-corrected chi connectivity index (χ3v) is 4.96. The van der Waals surface area contributed by atoms with Gasteiger partial charge in [0, 0.05) is 6.61 Å². The third-order valence-electron chi connectivity index (χ3n) is 3.61. The molecule has 2 atom stereocenters. The summed E-state index contributed by atoms with van der Waals surface area (Å²) in [6.45, 7) is 2.22. The molecule has 1 amide bonds. The van der Waals surface area contributed by atoms with Crippen molar-refractivity contribution in [3.8, 4) is 0 Å². The zero-order chi connectivity index (χ0) is 17.7. The minimum Gasteiger partial charge on any atom is -0.376 e. The van der Waals surface area contributed by atoms with E-state index in [9.17, 15) is 22.0 Å². The van der Waals surface area contributed by atoms with Gasteiger partial charge in [0.2, 0.25) is 0 Å². The molecule has 24 heavy (non-hydrogen) atoms. The molecule has 1 saturated heterocycles. The molecular weight excluding hydrogens is 344 g/mol. The topological polar surface area (TPSA) is 81.7 Å². The van der Waals surface area contributed by atoms with Gasteiger partial charge < -0.3 is 9.47 Å². The average molecular weight is 363 g/mol. The Kier molecular flexibility index (Phi) is 6.25. The lowest BCUT2D eigenvalue weighted by Crippen LogP contribution is -2.40. The van der Waals surface area contributed by atoms with Crippen LogP contribution in [0.25, 0.3) is 0 Å². The molecule has 0 bridgehead atoms. The van der Waals surface area contributed by atoms with E-state index in [1.165, 1.54) is 6.92 Å². The molecule has 0 aromatic heterocycles. The smallest absolute Gasteiger partial charge is 0.264 e. The maximum atomic E-state index is 13.1. The van der Waals surface area contributed by atoms with Gasteiger partial charge in [0.1, 0.15) is 6.10 Å². The normalized spacial score (nSPS) is 19.7. The highest BCUT2D eigenvalue weighted by Gasteiger charge is 2.24. The van der Waals surface area contributed by atoms with Crippen molar-refractivity contribution in [2.24, 2.45) is 0 Å². The first-order valence-corrected chi connectivity index (χ1v) is 9.03. The molecular formula is C15H19F2NO5S. The molecule has 2 rings (SSSR count). The third kappa shape index (κ3) is 4.96. The van der Waals surface area contributed by atoms with Crippen LogP contribution in [0.2, 0.25) is 0 Å². The summed E-state index contributed by atoms with van der Waals surface area (Å²) in [5.74, 6) is -3.39. The predicted octanol–water partition coefficient (Wildman–Crippen LogP) is 1.74. The molecule has 0 aliphatic carbocycles. The largest absolute Gasteiger partial charge is 0.376 e. The molecule has 1 N–H and O–H groups in total. The van der Waals surface area contributed by atoms with Crippen molar-refractivity contribution in [2.45, 2.75) is 43.3 Å². The fourth-order valence-electron chi connectivity index (χ4n) is 2.18. The lowest BCUT2D eigenvalue weighted by Gasteiger charge is -2.23. The number of sulfonamides is 1. The molecule has 1 aliphatic heterocycles. The number of halogens is 2. The number of benzene rings is 1. The van der Waals surface area contributed by atoms with Crippen LogP contribution in [0.15, 0.2) is 23.1 Å². The van der Waals surface area contributed by atoms with Crippen LogP contribution in [0, 0.1) is 11.6 Å². The van der Waals surface area contributed by atoms with Crippen LogP contribution in [-0.4, -0.2) is 39.7 Å². The maximum absolute atomic E-state index is 13.1. The quantitative estimate of drug-likeness (QED) is 0.833. The Labute approximate surface area is 139 Å². The van der Waals surface area contributed by atoms with Crippen molar-refractivity contribution in [3.63, 3.8) is 0 Å². The maximum Gasteiger partial charge on any atom is 0.264 e. The molecule has 6 nitrogen and oxygen atoms in total. The van der Waals surface area contributed by atoms with E-state index in [4.69, 9.17) is 9.47 Å². The Morgan fingerprint density at radius 2 is 2.12 bits per heavy atom. The summed E-state index contributed by atoms with van der Waals surface area (Å²) in [6.07, 6.45) is 1.67. The highest BCUT2D eigenvalue weighted by molar-refractivity contribution is 7.90. The molecule has 0 saturated carbocycles. The number of amides is 1. The van der Waals surface area contributed by atoms with Crippen LogP contribution in [-0.2, 0) is 24.3 Å². The van der Waals surface area contributed by atoms with Gasteiger partial charge in [-0.2, -0.15) is 0 Å². The van der Waals surface area contributed by atoms with Gasteiger partial charge in [-0.25, -0.2) is 21.9 Å².